The van der Waals surface area contributed by atoms with Crippen LogP contribution in [0, 0.1) is 5.82 Å². The summed E-state index contributed by atoms with van der Waals surface area (Å²) in [6, 6.07) is 11.0. The first-order valence-corrected chi connectivity index (χ1v) is 7.21. The molecule has 2 rings (SSSR count). The van der Waals surface area contributed by atoms with Gasteiger partial charge in [-0.1, -0.05) is 30.3 Å². The van der Waals surface area contributed by atoms with Crippen LogP contribution in [0.25, 0.3) is 0 Å². The number of rotatable bonds is 7. The van der Waals surface area contributed by atoms with Crippen molar-refractivity contribution in [3.8, 4) is 0 Å². The molecule has 0 aliphatic heterocycles. The molecule has 0 saturated carbocycles. The van der Waals surface area contributed by atoms with Crippen molar-refractivity contribution in [3.05, 3.63) is 65.7 Å². The van der Waals surface area contributed by atoms with Gasteiger partial charge in [-0.3, -0.25) is 9.78 Å². The lowest BCUT2D eigenvalue weighted by atomic mass is 10.1. The minimum absolute atomic E-state index is 0.170. The summed E-state index contributed by atoms with van der Waals surface area (Å²) in [5.74, 6) is -0.576. The monoisotopic (exact) mass is 302 g/mol. The van der Waals surface area contributed by atoms with Crippen molar-refractivity contribution in [1.29, 1.82) is 0 Å². The van der Waals surface area contributed by atoms with E-state index in [4.69, 9.17) is 0 Å². The number of pyridine rings is 1. The maximum absolute atomic E-state index is 13.0. The quantitative estimate of drug-likeness (QED) is 0.821. The number of aliphatic hydroxyl groups is 1. The minimum Gasteiger partial charge on any atom is -0.391 e. The molecule has 116 valence electrons. The average Bonchev–Trinajstić information content (AvgIpc) is 2.52. The summed E-state index contributed by atoms with van der Waals surface area (Å²) in [7, 11) is 0. The highest BCUT2D eigenvalue weighted by Crippen LogP contribution is 2.05. The summed E-state index contributed by atoms with van der Waals surface area (Å²) in [5.41, 5.74) is 1.70. The van der Waals surface area contributed by atoms with E-state index in [-0.39, 0.29) is 18.9 Å². The summed E-state index contributed by atoms with van der Waals surface area (Å²) < 4.78 is 13.0. The zero-order valence-corrected chi connectivity index (χ0v) is 12.2. The third-order valence-corrected chi connectivity index (χ3v) is 3.25. The normalized spacial score (nSPS) is 11.9. The molecular weight excluding hydrogens is 283 g/mol. The molecular formula is C17H19FN2O2. The van der Waals surface area contributed by atoms with Crippen LogP contribution in [0.3, 0.4) is 0 Å². The Kier molecular flexibility index (Phi) is 6.03. The number of aryl methyl sites for hydroxylation is 1. The number of nitrogens with zero attached hydrogens (tertiary/aromatic N) is 1. The van der Waals surface area contributed by atoms with Crippen molar-refractivity contribution in [2.45, 2.75) is 25.4 Å². The van der Waals surface area contributed by atoms with E-state index in [2.05, 4.69) is 10.3 Å². The largest absolute Gasteiger partial charge is 0.391 e. The van der Waals surface area contributed by atoms with Gasteiger partial charge in [0.05, 0.1) is 12.3 Å². The van der Waals surface area contributed by atoms with Crippen molar-refractivity contribution in [2.24, 2.45) is 0 Å². The van der Waals surface area contributed by atoms with Gasteiger partial charge in [0.25, 0.3) is 0 Å². The molecule has 1 amide bonds. The van der Waals surface area contributed by atoms with E-state index < -0.39 is 11.9 Å². The van der Waals surface area contributed by atoms with Crippen LogP contribution >= 0.6 is 0 Å². The second kappa shape index (κ2) is 8.24. The molecule has 0 aliphatic rings. The molecule has 0 fully saturated rings. The first-order valence-electron chi connectivity index (χ1n) is 7.21. The fraction of sp³-hybridized carbons (Fsp3) is 0.294. The second-order valence-electron chi connectivity index (χ2n) is 5.16. The molecule has 0 aliphatic carbocycles. The molecule has 0 bridgehead atoms. The number of benzene rings is 1. The third kappa shape index (κ3) is 5.61. The molecule has 1 aromatic heterocycles. The van der Waals surface area contributed by atoms with Crippen LogP contribution in [0.2, 0.25) is 0 Å². The molecule has 0 spiro atoms. The topological polar surface area (TPSA) is 62.2 Å². The lowest BCUT2D eigenvalue weighted by Crippen LogP contribution is -2.33. The fourth-order valence-corrected chi connectivity index (χ4v) is 2.13. The summed E-state index contributed by atoms with van der Waals surface area (Å²) in [6.07, 6.45) is 3.20. The molecule has 2 N–H and O–H groups in total. The SMILES string of the molecule is O=C(CCc1cncc(F)c1)NCC(O)Cc1ccccc1. The number of halogens is 1. The van der Waals surface area contributed by atoms with E-state index in [9.17, 15) is 14.3 Å². The van der Waals surface area contributed by atoms with Gasteiger partial charge < -0.3 is 10.4 Å². The number of carbonyl (C=O) groups is 1. The molecule has 1 heterocycles. The number of hydrogen-bond donors (Lipinski definition) is 2. The molecule has 0 saturated heterocycles. The summed E-state index contributed by atoms with van der Waals surface area (Å²) in [5, 5.41) is 12.6. The first kappa shape index (κ1) is 16.1. The van der Waals surface area contributed by atoms with E-state index in [1.54, 1.807) is 6.20 Å². The fourth-order valence-electron chi connectivity index (χ4n) is 2.13. The molecule has 1 unspecified atom stereocenters. The van der Waals surface area contributed by atoms with Gasteiger partial charge in [0, 0.05) is 25.6 Å². The molecule has 22 heavy (non-hydrogen) atoms. The van der Waals surface area contributed by atoms with Gasteiger partial charge >= 0.3 is 0 Å². The summed E-state index contributed by atoms with van der Waals surface area (Å²) >= 11 is 0. The Labute approximate surface area is 129 Å². The number of carbonyl (C=O) groups excluding carboxylic acids is 1. The lowest BCUT2D eigenvalue weighted by molar-refractivity contribution is -0.121. The standard InChI is InChI=1S/C17H19FN2O2/c18-15-8-14(10-19-11-15)6-7-17(22)20-12-16(21)9-13-4-2-1-3-5-13/h1-5,8,10-11,16,21H,6-7,9,12H2,(H,20,22). The van der Waals surface area contributed by atoms with Gasteiger partial charge in [-0.05, 0) is 23.6 Å². The van der Waals surface area contributed by atoms with Gasteiger partial charge in [0.2, 0.25) is 5.91 Å². The van der Waals surface area contributed by atoms with Gasteiger partial charge in [-0.2, -0.15) is 0 Å². The van der Waals surface area contributed by atoms with Crippen LogP contribution in [0.4, 0.5) is 4.39 Å². The van der Waals surface area contributed by atoms with E-state index in [1.165, 1.54) is 6.07 Å². The van der Waals surface area contributed by atoms with Crippen LogP contribution in [-0.4, -0.2) is 28.6 Å². The van der Waals surface area contributed by atoms with Crippen molar-refractivity contribution in [3.63, 3.8) is 0 Å². The number of aliphatic hydroxyl groups excluding tert-OH is 1. The summed E-state index contributed by atoms with van der Waals surface area (Å²) in [6.45, 7) is 0.204. The van der Waals surface area contributed by atoms with Crippen LogP contribution < -0.4 is 5.32 Å². The van der Waals surface area contributed by atoms with Gasteiger partial charge in [-0.15, -0.1) is 0 Å². The number of aromatic nitrogens is 1. The zero-order chi connectivity index (χ0) is 15.8. The molecule has 1 atom stereocenters. The molecule has 4 nitrogen and oxygen atoms in total. The van der Waals surface area contributed by atoms with Gasteiger partial charge in [0.15, 0.2) is 0 Å². The van der Waals surface area contributed by atoms with Crippen molar-refractivity contribution in [1.82, 2.24) is 10.3 Å². The molecule has 5 heteroatoms. The van der Waals surface area contributed by atoms with E-state index >= 15 is 0 Å². The van der Waals surface area contributed by atoms with E-state index in [0.29, 0.717) is 18.4 Å². The highest BCUT2D eigenvalue weighted by molar-refractivity contribution is 5.76. The molecule has 0 radical (unpaired) electrons. The molecule has 1 aromatic carbocycles. The van der Waals surface area contributed by atoms with Gasteiger partial charge in [0.1, 0.15) is 5.82 Å². The van der Waals surface area contributed by atoms with Crippen molar-refractivity contribution >= 4 is 5.91 Å². The summed E-state index contributed by atoms with van der Waals surface area (Å²) in [4.78, 5) is 15.5. The molecule has 2 aromatic rings. The smallest absolute Gasteiger partial charge is 0.220 e. The number of amides is 1. The average molecular weight is 302 g/mol. The third-order valence-electron chi connectivity index (χ3n) is 3.25. The van der Waals surface area contributed by atoms with E-state index in [0.717, 1.165) is 11.8 Å². The highest BCUT2D eigenvalue weighted by Gasteiger charge is 2.08. The Bertz CT molecular complexity index is 605. The maximum atomic E-state index is 13.0. The van der Waals surface area contributed by atoms with E-state index in [1.807, 2.05) is 30.3 Å². The minimum atomic E-state index is -0.623. The Morgan fingerprint density at radius 3 is 2.73 bits per heavy atom. The van der Waals surface area contributed by atoms with Crippen molar-refractivity contribution < 1.29 is 14.3 Å². The van der Waals surface area contributed by atoms with Crippen LogP contribution in [0.15, 0.2) is 48.8 Å². The first-order chi connectivity index (χ1) is 10.6. The Hall–Kier alpha value is -2.27. The maximum Gasteiger partial charge on any atom is 0.220 e. The lowest BCUT2D eigenvalue weighted by Gasteiger charge is -2.12. The Morgan fingerprint density at radius 1 is 1.23 bits per heavy atom. The zero-order valence-electron chi connectivity index (χ0n) is 12.2. The predicted octanol–water partition coefficient (Wildman–Crippen LogP) is 1.87. The van der Waals surface area contributed by atoms with Crippen LogP contribution in [-0.2, 0) is 17.6 Å². The van der Waals surface area contributed by atoms with Crippen LogP contribution in [0.5, 0.6) is 0 Å². The van der Waals surface area contributed by atoms with Crippen molar-refractivity contribution in [2.75, 3.05) is 6.54 Å². The van der Waals surface area contributed by atoms with Crippen LogP contribution in [0.1, 0.15) is 17.5 Å². The Balaban J connectivity index is 1.69. The second-order valence-corrected chi connectivity index (χ2v) is 5.16. The predicted molar refractivity (Wildman–Crippen MR) is 81.7 cm³/mol. The highest BCUT2D eigenvalue weighted by atomic mass is 19.1. The number of nitrogens with one attached hydrogen (secondary N) is 1. The van der Waals surface area contributed by atoms with Gasteiger partial charge in [-0.25, -0.2) is 4.39 Å². The Morgan fingerprint density at radius 2 is 2.00 bits per heavy atom. The number of hydrogen-bond acceptors (Lipinski definition) is 3.